The van der Waals surface area contributed by atoms with Crippen molar-refractivity contribution in [3.8, 4) is 11.4 Å². The predicted molar refractivity (Wildman–Crippen MR) is 105 cm³/mol. The number of H-pyrrole nitrogens is 1. The molecule has 0 radical (unpaired) electrons. The van der Waals surface area contributed by atoms with Crippen LogP contribution in [0.4, 0.5) is 0 Å². The number of hydrogen-bond donors (Lipinski definition) is 1. The van der Waals surface area contributed by atoms with E-state index in [1.165, 1.54) is 11.3 Å². The number of piperidine rings is 1. The number of rotatable bonds is 5. The van der Waals surface area contributed by atoms with Crippen LogP contribution in [0.5, 0.6) is 0 Å². The van der Waals surface area contributed by atoms with Gasteiger partial charge in [0.2, 0.25) is 17.6 Å². The lowest BCUT2D eigenvalue weighted by Gasteiger charge is -2.40. The van der Waals surface area contributed by atoms with Gasteiger partial charge in [-0.1, -0.05) is 5.16 Å². The van der Waals surface area contributed by atoms with Gasteiger partial charge in [0.15, 0.2) is 0 Å². The van der Waals surface area contributed by atoms with Crippen molar-refractivity contribution in [2.45, 2.75) is 50.4 Å². The van der Waals surface area contributed by atoms with Crippen LogP contribution in [0.2, 0.25) is 0 Å². The van der Waals surface area contributed by atoms with Gasteiger partial charge < -0.3 is 9.42 Å². The highest BCUT2D eigenvalue weighted by molar-refractivity contribution is 5.76. The topological polar surface area (TPSA) is 101 Å². The monoisotopic (exact) mass is 392 g/mol. The van der Waals surface area contributed by atoms with Crippen LogP contribution in [0, 0.1) is 0 Å². The van der Waals surface area contributed by atoms with E-state index in [-0.39, 0.29) is 11.3 Å². The molecule has 1 atom stereocenters. The number of carbonyl (C=O) groups excluding carboxylic acids is 1. The Morgan fingerprint density at radius 3 is 3.07 bits per heavy atom. The number of likely N-dealkylation sites (tertiary alicyclic amines) is 1. The molecule has 5 rings (SSSR count). The molecule has 1 N–H and O–H groups in total. The Bertz CT molecular complexity index is 998. The van der Waals surface area contributed by atoms with Crippen LogP contribution < -0.4 is 0 Å². The van der Waals surface area contributed by atoms with Crippen LogP contribution in [-0.2, 0) is 23.1 Å². The number of fused-ring (bicyclic) bond motifs is 2. The number of nitrogens with zero attached hydrogens (tertiary/aromatic N) is 5. The van der Waals surface area contributed by atoms with E-state index in [1.807, 2.05) is 23.2 Å². The lowest BCUT2D eigenvalue weighted by Crippen LogP contribution is -2.47. The minimum absolute atomic E-state index is 0.0751. The first kappa shape index (κ1) is 18.0. The van der Waals surface area contributed by atoms with Crippen LogP contribution >= 0.6 is 0 Å². The molecular weight excluding hydrogens is 368 g/mol. The Hall–Kier alpha value is -3.03. The summed E-state index contributed by atoms with van der Waals surface area (Å²) in [6.07, 6.45) is 11.5. The minimum Gasteiger partial charge on any atom is -0.342 e. The first-order valence-corrected chi connectivity index (χ1v) is 10.3. The average molecular weight is 392 g/mol. The van der Waals surface area contributed by atoms with E-state index in [2.05, 4.69) is 25.3 Å². The SMILES string of the molecule is O=C(CCCc1nc(-c2ccncc2)no1)N1CCCC2(CCc3cn[nH]c32)C1. The lowest BCUT2D eigenvalue weighted by atomic mass is 9.77. The average Bonchev–Trinajstić information content (AvgIpc) is 3.48. The quantitative estimate of drug-likeness (QED) is 0.716. The van der Waals surface area contributed by atoms with Crippen molar-refractivity contribution < 1.29 is 9.32 Å². The van der Waals surface area contributed by atoms with Gasteiger partial charge in [0, 0.05) is 55.0 Å². The van der Waals surface area contributed by atoms with Crippen LogP contribution in [-0.4, -0.2) is 49.2 Å². The number of aromatic amines is 1. The minimum atomic E-state index is 0.0751. The summed E-state index contributed by atoms with van der Waals surface area (Å²) in [6.45, 7) is 1.64. The Morgan fingerprint density at radius 2 is 2.17 bits per heavy atom. The zero-order valence-corrected chi connectivity index (χ0v) is 16.3. The standard InChI is InChI=1S/C21H24N6O2/c28-18(4-1-3-17-24-20(26-29-17)15-6-10-22-11-7-15)27-12-2-8-21(14-27)9-5-16-13-23-25-19(16)21/h6-7,10-11,13H,1-5,8-9,12,14H2,(H,23,25). The van der Waals surface area contributed by atoms with Crippen LogP contribution in [0.25, 0.3) is 11.4 Å². The van der Waals surface area contributed by atoms with Crippen molar-refractivity contribution in [2.24, 2.45) is 0 Å². The molecule has 1 fully saturated rings. The van der Waals surface area contributed by atoms with E-state index in [9.17, 15) is 4.79 Å². The van der Waals surface area contributed by atoms with Gasteiger partial charge in [-0.3, -0.25) is 14.9 Å². The van der Waals surface area contributed by atoms with Gasteiger partial charge in [-0.25, -0.2) is 0 Å². The number of aryl methyl sites for hydroxylation is 2. The fourth-order valence-electron chi connectivity index (χ4n) is 4.74. The second kappa shape index (κ2) is 7.42. The summed E-state index contributed by atoms with van der Waals surface area (Å²) in [4.78, 5) is 23.3. The highest BCUT2D eigenvalue weighted by Gasteiger charge is 2.44. The van der Waals surface area contributed by atoms with Crippen molar-refractivity contribution in [3.05, 3.63) is 47.9 Å². The van der Waals surface area contributed by atoms with E-state index >= 15 is 0 Å². The summed E-state index contributed by atoms with van der Waals surface area (Å²) in [7, 11) is 0. The third kappa shape index (κ3) is 3.43. The van der Waals surface area contributed by atoms with Gasteiger partial charge in [-0.2, -0.15) is 10.1 Å². The van der Waals surface area contributed by atoms with Crippen molar-refractivity contribution in [1.82, 2.24) is 30.2 Å². The Balaban J connectivity index is 1.16. The van der Waals surface area contributed by atoms with E-state index in [1.54, 1.807) is 12.4 Å². The molecule has 1 saturated heterocycles. The van der Waals surface area contributed by atoms with Crippen molar-refractivity contribution in [1.29, 1.82) is 0 Å². The maximum absolute atomic E-state index is 12.8. The van der Waals surface area contributed by atoms with E-state index in [0.717, 1.165) is 44.3 Å². The number of nitrogens with one attached hydrogen (secondary N) is 1. The Kier molecular flexibility index (Phi) is 4.61. The van der Waals surface area contributed by atoms with E-state index in [4.69, 9.17) is 4.52 Å². The molecule has 8 heteroatoms. The first-order valence-electron chi connectivity index (χ1n) is 10.3. The van der Waals surface area contributed by atoms with Gasteiger partial charge in [0.25, 0.3) is 0 Å². The first-order chi connectivity index (χ1) is 14.2. The summed E-state index contributed by atoms with van der Waals surface area (Å²) in [5.41, 5.74) is 3.52. The van der Waals surface area contributed by atoms with Crippen LogP contribution in [0.3, 0.4) is 0 Å². The van der Waals surface area contributed by atoms with Crippen molar-refractivity contribution >= 4 is 5.91 Å². The Labute approximate surface area is 168 Å². The summed E-state index contributed by atoms with van der Waals surface area (Å²) < 4.78 is 5.34. The van der Waals surface area contributed by atoms with Crippen molar-refractivity contribution in [3.63, 3.8) is 0 Å². The molecule has 4 heterocycles. The molecule has 3 aromatic rings. The molecule has 150 valence electrons. The molecule has 1 spiro atoms. The molecule has 1 amide bonds. The van der Waals surface area contributed by atoms with Crippen LogP contribution in [0.1, 0.15) is 49.3 Å². The van der Waals surface area contributed by atoms with Gasteiger partial charge in [-0.05, 0) is 49.8 Å². The highest BCUT2D eigenvalue weighted by Crippen LogP contribution is 2.43. The maximum Gasteiger partial charge on any atom is 0.226 e. The maximum atomic E-state index is 12.8. The molecule has 8 nitrogen and oxygen atoms in total. The summed E-state index contributed by atoms with van der Waals surface area (Å²) in [5, 5.41) is 11.4. The number of hydrogen-bond acceptors (Lipinski definition) is 6. The lowest BCUT2D eigenvalue weighted by molar-refractivity contribution is -0.133. The van der Waals surface area contributed by atoms with Gasteiger partial charge >= 0.3 is 0 Å². The zero-order valence-electron chi connectivity index (χ0n) is 16.3. The van der Waals surface area contributed by atoms with Gasteiger partial charge in [0.05, 0.1) is 6.20 Å². The second-order valence-electron chi connectivity index (χ2n) is 8.07. The number of carbonyl (C=O) groups is 1. The summed E-state index contributed by atoms with van der Waals surface area (Å²) in [6, 6.07) is 3.69. The molecule has 1 aliphatic heterocycles. The number of aromatic nitrogens is 5. The zero-order chi connectivity index (χ0) is 19.7. The van der Waals surface area contributed by atoms with Crippen molar-refractivity contribution in [2.75, 3.05) is 13.1 Å². The molecule has 1 aliphatic carbocycles. The highest BCUT2D eigenvalue weighted by atomic mass is 16.5. The van der Waals surface area contributed by atoms with E-state index < -0.39 is 0 Å². The Morgan fingerprint density at radius 1 is 1.28 bits per heavy atom. The smallest absolute Gasteiger partial charge is 0.226 e. The number of pyridine rings is 1. The summed E-state index contributed by atoms with van der Waals surface area (Å²) in [5.74, 6) is 1.34. The molecule has 1 unspecified atom stereocenters. The predicted octanol–water partition coefficient (Wildman–Crippen LogP) is 2.68. The fourth-order valence-corrected chi connectivity index (χ4v) is 4.74. The number of amides is 1. The molecule has 0 saturated carbocycles. The van der Waals surface area contributed by atoms with Gasteiger partial charge in [0.1, 0.15) is 0 Å². The molecule has 3 aromatic heterocycles. The fraction of sp³-hybridized carbons (Fsp3) is 0.476. The largest absolute Gasteiger partial charge is 0.342 e. The summed E-state index contributed by atoms with van der Waals surface area (Å²) >= 11 is 0. The van der Waals surface area contributed by atoms with Crippen LogP contribution in [0.15, 0.2) is 35.2 Å². The molecular formula is C21H24N6O2. The van der Waals surface area contributed by atoms with Gasteiger partial charge in [-0.15, -0.1) is 0 Å². The normalized spacial score (nSPS) is 20.9. The molecule has 0 aromatic carbocycles. The molecule has 2 aliphatic rings. The second-order valence-corrected chi connectivity index (χ2v) is 8.07. The third-order valence-electron chi connectivity index (χ3n) is 6.24. The molecule has 29 heavy (non-hydrogen) atoms. The molecule has 0 bridgehead atoms. The van der Waals surface area contributed by atoms with E-state index in [0.29, 0.717) is 31.0 Å². The third-order valence-corrected chi connectivity index (χ3v) is 6.24.